The summed E-state index contributed by atoms with van der Waals surface area (Å²) >= 11 is 0. The SMILES string of the molecule is CCCCC/C=C\C/C=C\CCCCCCCCP(=O)(O)O. The molecule has 0 unspecified atom stereocenters. The summed E-state index contributed by atoms with van der Waals surface area (Å²) in [7, 11) is -3.77. The van der Waals surface area contributed by atoms with E-state index in [-0.39, 0.29) is 6.16 Å². The van der Waals surface area contributed by atoms with Crippen LogP contribution in [0, 0.1) is 0 Å². The minimum absolute atomic E-state index is 0.0434. The highest BCUT2D eigenvalue weighted by Gasteiger charge is 2.10. The molecule has 0 aromatic rings. The fourth-order valence-corrected chi connectivity index (χ4v) is 2.94. The molecule has 0 amide bonds. The van der Waals surface area contributed by atoms with Crippen molar-refractivity contribution in [1.29, 1.82) is 0 Å². The molecule has 0 aromatic heterocycles. The first-order chi connectivity index (χ1) is 10.6. The Morgan fingerprint density at radius 2 is 1.23 bits per heavy atom. The summed E-state index contributed by atoms with van der Waals surface area (Å²) < 4.78 is 10.7. The van der Waals surface area contributed by atoms with Crippen LogP contribution in [0.2, 0.25) is 0 Å². The highest BCUT2D eigenvalue weighted by atomic mass is 31.2. The lowest BCUT2D eigenvalue weighted by Gasteiger charge is -2.03. The normalized spacial score (nSPS) is 12.7. The van der Waals surface area contributed by atoms with Gasteiger partial charge in [-0.25, -0.2) is 0 Å². The Balaban J connectivity index is 3.22. The van der Waals surface area contributed by atoms with Gasteiger partial charge in [0.15, 0.2) is 0 Å². The quantitative estimate of drug-likeness (QED) is 0.221. The first kappa shape index (κ1) is 21.6. The minimum Gasteiger partial charge on any atom is -0.324 e. The maximum atomic E-state index is 10.7. The van der Waals surface area contributed by atoms with Gasteiger partial charge in [-0.15, -0.1) is 0 Å². The molecular formula is C18H35O3P. The molecular weight excluding hydrogens is 295 g/mol. The van der Waals surface area contributed by atoms with E-state index in [2.05, 4.69) is 31.2 Å². The summed E-state index contributed by atoms with van der Waals surface area (Å²) in [6, 6.07) is 0. The Kier molecular flexibility index (Phi) is 15.3. The van der Waals surface area contributed by atoms with E-state index >= 15 is 0 Å². The van der Waals surface area contributed by atoms with Crippen LogP contribution in [0.1, 0.15) is 84.0 Å². The maximum absolute atomic E-state index is 10.7. The van der Waals surface area contributed by atoms with Crippen LogP contribution in [-0.4, -0.2) is 15.9 Å². The lowest BCUT2D eigenvalue weighted by Crippen LogP contribution is -1.88. The molecule has 0 fully saturated rings. The number of unbranched alkanes of at least 4 members (excludes halogenated alkanes) is 9. The Morgan fingerprint density at radius 1 is 0.727 bits per heavy atom. The van der Waals surface area contributed by atoms with Gasteiger partial charge in [0.2, 0.25) is 0 Å². The second-order valence-corrected chi connectivity index (χ2v) is 7.75. The highest BCUT2D eigenvalue weighted by molar-refractivity contribution is 7.51. The molecule has 22 heavy (non-hydrogen) atoms. The Bertz CT molecular complexity index is 331. The molecule has 0 aliphatic rings. The van der Waals surface area contributed by atoms with Crippen molar-refractivity contribution < 1.29 is 14.4 Å². The predicted molar refractivity (Wildman–Crippen MR) is 96.3 cm³/mol. The smallest absolute Gasteiger partial charge is 0.324 e. The first-order valence-electron chi connectivity index (χ1n) is 8.91. The molecule has 130 valence electrons. The van der Waals surface area contributed by atoms with Crippen LogP contribution in [0.3, 0.4) is 0 Å². The zero-order chi connectivity index (χ0) is 16.5. The van der Waals surface area contributed by atoms with E-state index in [9.17, 15) is 4.57 Å². The lowest BCUT2D eigenvalue weighted by atomic mass is 10.1. The predicted octanol–water partition coefficient (Wildman–Crippen LogP) is 5.98. The monoisotopic (exact) mass is 330 g/mol. The van der Waals surface area contributed by atoms with Crippen molar-refractivity contribution in [1.82, 2.24) is 0 Å². The molecule has 0 aliphatic heterocycles. The largest absolute Gasteiger partial charge is 0.325 e. The van der Waals surface area contributed by atoms with Gasteiger partial charge >= 0.3 is 7.60 Å². The molecule has 0 heterocycles. The third-order valence-electron chi connectivity index (χ3n) is 3.65. The summed E-state index contributed by atoms with van der Waals surface area (Å²) in [4.78, 5) is 17.5. The van der Waals surface area contributed by atoms with Gasteiger partial charge in [-0.3, -0.25) is 4.57 Å². The standard InChI is InChI=1S/C18H35O3P/c1-2-3-4-5-6-7-8-9-10-11-12-13-14-15-16-17-18-22(19,20)21/h6-7,9-10H,2-5,8,11-18H2,1H3,(H2,19,20,21)/b7-6-,10-9-. The molecule has 0 saturated carbocycles. The molecule has 0 spiro atoms. The summed E-state index contributed by atoms with van der Waals surface area (Å²) in [5.41, 5.74) is 0. The summed E-state index contributed by atoms with van der Waals surface area (Å²) in [5, 5.41) is 0. The molecule has 0 aliphatic carbocycles. The van der Waals surface area contributed by atoms with Crippen molar-refractivity contribution in [3.8, 4) is 0 Å². The average molecular weight is 330 g/mol. The molecule has 0 radical (unpaired) electrons. The van der Waals surface area contributed by atoms with Crippen LogP contribution in [0.25, 0.3) is 0 Å². The Morgan fingerprint density at radius 3 is 1.77 bits per heavy atom. The summed E-state index contributed by atoms with van der Waals surface area (Å²) in [5.74, 6) is 0. The maximum Gasteiger partial charge on any atom is 0.325 e. The van der Waals surface area contributed by atoms with E-state index < -0.39 is 7.60 Å². The highest BCUT2D eigenvalue weighted by Crippen LogP contribution is 2.35. The number of hydrogen-bond acceptors (Lipinski definition) is 1. The van der Waals surface area contributed by atoms with Gasteiger partial charge < -0.3 is 9.79 Å². The van der Waals surface area contributed by atoms with Crippen LogP contribution in [0.15, 0.2) is 24.3 Å². The average Bonchev–Trinajstić information content (AvgIpc) is 2.45. The molecule has 2 N–H and O–H groups in total. The number of hydrogen-bond donors (Lipinski definition) is 2. The zero-order valence-corrected chi connectivity index (χ0v) is 15.1. The zero-order valence-electron chi connectivity index (χ0n) is 14.3. The van der Waals surface area contributed by atoms with Gasteiger partial charge in [0.05, 0.1) is 0 Å². The van der Waals surface area contributed by atoms with Crippen molar-refractivity contribution >= 4 is 7.60 Å². The number of rotatable bonds is 15. The van der Waals surface area contributed by atoms with Crippen molar-refractivity contribution in [2.24, 2.45) is 0 Å². The minimum atomic E-state index is -3.77. The van der Waals surface area contributed by atoms with Gasteiger partial charge in [0, 0.05) is 6.16 Å². The molecule has 4 heteroatoms. The second-order valence-electron chi connectivity index (χ2n) is 5.97. The van der Waals surface area contributed by atoms with Crippen LogP contribution in [0.4, 0.5) is 0 Å². The third kappa shape index (κ3) is 19.6. The Hall–Kier alpha value is -0.370. The lowest BCUT2D eigenvalue weighted by molar-refractivity contribution is 0.370. The molecule has 0 saturated heterocycles. The van der Waals surface area contributed by atoms with E-state index in [4.69, 9.17) is 9.79 Å². The van der Waals surface area contributed by atoms with E-state index in [0.717, 1.165) is 25.7 Å². The van der Waals surface area contributed by atoms with E-state index in [1.807, 2.05) is 0 Å². The van der Waals surface area contributed by atoms with E-state index in [1.165, 1.54) is 44.9 Å². The van der Waals surface area contributed by atoms with Crippen molar-refractivity contribution in [2.45, 2.75) is 84.0 Å². The van der Waals surface area contributed by atoms with Gasteiger partial charge in [0.1, 0.15) is 0 Å². The third-order valence-corrected chi connectivity index (χ3v) is 4.55. The molecule has 0 rings (SSSR count). The van der Waals surface area contributed by atoms with Crippen molar-refractivity contribution in [3.63, 3.8) is 0 Å². The van der Waals surface area contributed by atoms with Gasteiger partial charge in [-0.05, 0) is 38.5 Å². The fraction of sp³-hybridized carbons (Fsp3) is 0.778. The van der Waals surface area contributed by atoms with Crippen LogP contribution < -0.4 is 0 Å². The van der Waals surface area contributed by atoms with Crippen LogP contribution in [-0.2, 0) is 4.57 Å². The molecule has 0 atom stereocenters. The molecule has 0 bridgehead atoms. The number of allylic oxidation sites excluding steroid dienone is 4. The van der Waals surface area contributed by atoms with Crippen LogP contribution >= 0.6 is 7.60 Å². The van der Waals surface area contributed by atoms with Gasteiger partial charge in [0.25, 0.3) is 0 Å². The van der Waals surface area contributed by atoms with Gasteiger partial charge in [-0.2, -0.15) is 0 Å². The second kappa shape index (κ2) is 15.5. The first-order valence-corrected chi connectivity index (χ1v) is 10.7. The fourth-order valence-electron chi connectivity index (χ4n) is 2.31. The molecule has 0 aromatic carbocycles. The Labute approximate surface area is 137 Å². The summed E-state index contributed by atoms with van der Waals surface area (Å²) in [6.45, 7) is 2.23. The van der Waals surface area contributed by atoms with Gasteiger partial charge in [-0.1, -0.05) is 69.8 Å². The van der Waals surface area contributed by atoms with E-state index in [0.29, 0.717) is 6.42 Å². The van der Waals surface area contributed by atoms with Crippen molar-refractivity contribution in [2.75, 3.05) is 6.16 Å². The van der Waals surface area contributed by atoms with Crippen molar-refractivity contribution in [3.05, 3.63) is 24.3 Å². The van der Waals surface area contributed by atoms with E-state index in [1.54, 1.807) is 0 Å². The van der Waals surface area contributed by atoms with Crippen LogP contribution in [0.5, 0.6) is 0 Å². The topological polar surface area (TPSA) is 57.5 Å². The summed E-state index contributed by atoms with van der Waals surface area (Å²) in [6.07, 6.45) is 22.7. The molecule has 3 nitrogen and oxygen atoms in total.